The van der Waals surface area contributed by atoms with Crippen molar-refractivity contribution in [2.24, 2.45) is 0 Å². The van der Waals surface area contributed by atoms with Gasteiger partial charge < -0.3 is 15.0 Å². The highest BCUT2D eigenvalue weighted by Crippen LogP contribution is 2.04. The summed E-state index contributed by atoms with van der Waals surface area (Å²) in [4.78, 5) is 2.24. The molecule has 0 spiro atoms. The normalized spacial score (nSPS) is 11.2. The van der Waals surface area contributed by atoms with Crippen molar-refractivity contribution >= 4 is 0 Å². The summed E-state index contributed by atoms with van der Waals surface area (Å²) in [5.41, 5.74) is 1.14. The summed E-state index contributed by atoms with van der Waals surface area (Å²) in [5.74, 6) is -0.176. The Balaban J connectivity index is 2.00. The Morgan fingerprint density at radius 3 is 2.60 bits per heavy atom. The number of likely N-dealkylation sites (N-methyl/N-ethyl adjacent to an activating group) is 1. The van der Waals surface area contributed by atoms with Crippen molar-refractivity contribution in [3.63, 3.8) is 0 Å². The average Bonchev–Trinajstić information content (AvgIpc) is 2.44. The lowest BCUT2D eigenvalue weighted by atomic mass is 10.2. The summed E-state index contributed by atoms with van der Waals surface area (Å²) in [7, 11) is 2.08. The summed E-state index contributed by atoms with van der Waals surface area (Å²) in [6.45, 7) is 7.55. The smallest absolute Gasteiger partial charge is 0.123 e. The highest BCUT2D eigenvalue weighted by molar-refractivity contribution is 5.15. The molecule has 0 aromatic heterocycles. The molecule has 0 fully saturated rings. The van der Waals surface area contributed by atoms with Crippen LogP contribution in [0.3, 0.4) is 0 Å². The second kappa shape index (κ2) is 10.8. The van der Waals surface area contributed by atoms with Crippen LogP contribution in [-0.2, 0) is 11.3 Å². The van der Waals surface area contributed by atoms with Crippen LogP contribution >= 0.6 is 0 Å². The molecule has 0 heterocycles. The van der Waals surface area contributed by atoms with E-state index in [1.54, 1.807) is 0 Å². The van der Waals surface area contributed by atoms with Crippen molar-refractivity contribution in [3.8, 4) is 0 Å². The van der Waals surface area contributed by atoms with E-state index in [0.717, 1.165) is 57.8 Å². The molecular weight excluding hydrogens is 255 g/mol. The second-order valence-corrected chi connectivity index (χ2v) is 5.02. The molecule has 0 radical (unpaired) electrons. The molecule has 20 heavy (non-hydrogen) atoms. The van der Waals surface area contributed by atoms with Gasteiger partial charge in [0.05, 0.1) is 0 Å². The maximum Gasteiger partial charge on any atom is 0.123 e. The van der Waals surface area contributed by atoms with Crippen LogP contribution in [0.2, 0.25) is 0 Å². The molecule has 1 aromatic carbocycles. The van der Waals surface area contributed by atoms with Gasteiger partial charge in [0, 0.05) is 32.8 Å². The van der Waals surface area contributed by atoms with Crippen LogP contribution in [0.1, 0.15) is 25.3 Å². The quantitative estimate of drug-likeness (QED) is 0.632. The number of hydrogen-bond acceptors (Lipinski definition) is 3. The van der Waals surface area contributed by atoms with E-state index >= 15 is 0 Å². The fourth-order valence-corrected chi connectivity index (χ4v) is 1.97. The third-order valence-corrected chi connectivity index (χ3v) is 3.13. The first kappa shape index (κ1) is 17.1. The number of nitrogens with one attached hydrogen (secondary N) is 1. The van der Waals surface area contributed by atoms with Gasteiger partial charge in [0.2, 0.25) is 0 Å². The van der Waals surface area contributed by atoms with Gasteiger partial charge in [0.25, 0.3) is 0 Å². The van der Waals surface area contributed by atoms with Crippen molar-refractivity contribution in [3.05, 3.63) is 35.6 Å². The molecule has 0 aliphatic heterocycles. The van der Waals surface area contributed by atoms with Gasteiger partial charge in [-0.25, -0.2) is 4.39 Å². The number of hydrogen-bond donors (Lipinski definition) is 1. The Bertz CT molecular complexity index is 343. The molecule has 1 rings (SSSR count). The Kier molecular flexibility index (Phi) is 9.20. The van der Waals surface area contributed by atoms with E-state index in [1.807, 2.05) is 19.1 Å². The molecule has 0 saturated carbocycles. The van der Waals surface area contributed by atoms with Crippen molar-refractivity contribution < 1.29 is 9.13 Å². The summed E-state index contributed by atoms with van der Waals surface area (Å²) in [6.07, 6.45) is 2.27. The second-order valence-electron chi connectivity index (χ2n) is 5.02. The van der Waals surface area contributed by atoms with Crippen LogP contribution < -0.4 is 5.32 Å². The molecule has 1 N–H and O–H groups in total. The summed E-state index contributed by atoms with van der Waals surface area (Å²) in [6, 6.07) is 6.71. The number of benzene rings is 1. The van der Waals surface area contributed by atoms with Crippen LogP contribution in [0.5, 0.6) is 0 Å². The van der Waals surface area contributed by atoms with E-state index in [2.05, 4.69) is 17.3 Å². The Labute approximate surface area is 122 Å². The van der Waals surface area contributed by atoms with E-state index in [-0.39, 0.29) is 5.82 Å². The number of halogens is 1. The lowest BCUT2D eigenvalue weighted by Gasteiger charge is -2.17. The third kappa shape index (κ3) is 8.25. The zero-order chi connectivity index (χ0) is 14.6. The van der Waals surface area contributed by atoms with Crippen LogP contribution in [0.4, 0.5) is 4.39 Å². The maximum atomic E-state index is 12.8. The molecule has 0 unspecified atom stereocenters. The molecule has 0 aliphatic rings. The average molecular weight is 282 g/mol. The number of nitrogens with zero attached hydrogens (tertiary/aromatic N) is 1. The van der Waals surface area contributed by atoms with Crippen molar-refractivity contribution in [2.45, 2.75) is 26.3 Å². The Morgan fingerprint density at radius 1 is 1.15 bits per heavy atom. The molecule has 0 saturated heterocycles. The van der Waals surface area contributed by atoms with Gasteiger partial charge in [0.1, 0.15) is 5.82 Å². The topological polar surface area (TPSA) is 24.5 Å². The van der Waals surface area contributed by atoms with Crippen molar-refractivity contribution in [2.75, 3.05) is 39.9 Å². The fraction of sp³-hybridized carbons (Fsp3) is 0.625. The molecular formula is C16H27FN2O. The maximum absolute atomic E-state index is 12.8. The first-order valence-electron chi connectivity index (χ1n) is 7.44. The van der Waals surface area contributed by atoms with Gasteiger partial charge in [-0.3, -0.25) is 0 Å². The van der Waals surface area contributed by atoms with E-state index in [1.165, 1.54) is 12.1 Å². The zero-order valence-corrected chi connectivity index (χ0v) is 12.7. The molecule has 3 nitrogen and oxygen atoms in total. The predicted molar refractivity (Wildman–Crippen MR) is 81.3 cm³/mol. The first-order chi connectivity index (χ1) is 9.72. The minimum atomic E-state index is -0.176. The zero-order valence-electron chi connectivity index (χ0n) is 12.7. The summed E-state index contributed by atoms with van der Waals surface area (Å²) >= 11 is 0. The first-order valence-corrected chi connectivity index (χ1v) is 7.44. The molecule has 114 valence electrons. The molecule has 1 aromatic rings. The minimum absolute atomic E-state index is 0.176. The van der Waals surface area contributed by atoms with Crippen molar-refractivity contribution in [1.82, 2.24) is 10.2 Å². The third-order valence-electron chi connectivity index (χ3n) is 3.13. The van der Waals surface area contributed by atoms with Crippen molar-refractivity contribution in [1.29, 1.82) is 0 Å². The number of rotatable bonds is 11. The molecule has 4 heteroatoms. The van der Waals surface area contributed by atoms with E-state index in [4.69, 9.17) is 4.74 Å². The number of ether oxygens (including phenoxy) is 1. The van der Waals surface area contributed by atoms with Gasteiger partial charge in [-0.15, -0.1) is 0 Å². The molecule has 0 amide bonds. The predicted octanol–water partition coefficient (Wildman–Crippen LogP) is 2.66. The van der Waals surface area contributed by atoms with Gasteiger partial charge in [-0.1, -0.05) is 12.1 Å². The van der Waals surface area contributed by atoms with Gasteiger partial charge in [-0.05, 0) is 51.1 Å². The van der Waals surface area contributed by atoms with Crippen LogP contribution in [0, 0.1) is 5.82 Å². The van der Waals surface area contributed by atoms with Crippen LogP contribution in [0.15, 0.2) is 24.3 Å². The van der Waals surface area contributed by atoms with E-state index < -0.39 is 0 Å². The Morgan fingerprint density at radius 2 is 1.90 bits per heavy atom. The highest BCUT2D eigenvalue weighted by Gasteiger charge is 2.00. The molecule has 0 aliphatic carbocycles. The lowest BCUT2D eigenvalue weighted by Crippen LogP contribution is -2.29. The highest BCUT2D eigenvalue weighted by atomic mass is 19.1. The van der Waals surface area contributed by atoms with Gasteiger partial charge in [0.15, 0.2) is 0 Å². The SMILES string of the molecule is CCOCCCCNCCN(C)Cc1ccc(F)cc1. The summed E-state index contributed by atoms with van der Waals surface area (Å²) in [5, 5.41) is 3.43. The molecule has 0 bridgehead atoms. The van der Waals surface area contributed by atoms with Crippen LogP contribution in [-0.4, -0.2) is 44.8 Å². The molecule has 0 atom stereocenters. The van der Waals surface area contributed by atoms with Crippen LogP contribution in [0.25, 0.3) is 0 Å². The minimum Gasteiger partial charge on any atom is -0.382 e. The largest absolute Gasteiger partial charge is 0.382 e. The summed E-state index contributed by atoms with van der Waals surface area (Å²) < 4.78 is 18.1. The number of unbranched alkanes of at least 4 members (excludes halogenated alkanes) is 1. The lowest BCUT2D eigenvalue weighted by molar-refractivity contribution is 0.143. The van der Waals surface area contributed by atoms with Gasteiger partial charge >= 0.3 is 0 Å². The van der Waals surface area contributed by atoms with E-state index in [9.17, 15) is 4.39 Å². The van der Waals surface area contributed by atoms with E-state index in [0.29, 0.717) is 0 Å². The fourth-order valence-electron chi connectivity index (χ4n) is 1.97. The monoisotopic (exact) mass is 282 g/mol. The Hall–Kier alpha value is -0.970. The standard InChI is InChI=1S/C16H27FN2O/c1-3-20-13-5-4-10-18-11-12-19(2)14-15-6-8-16(17)9-7-15/h6-9,18H,3-5,10-14H2,1-2H3. The van der Waals surface area contributed by atoms with Gasteiger partial charge in [-0.2, -0.15) is 0 Å².